The summed E-state index contributed by atoms with van der Waals surface area (Å²) < 4.78 is 25.4. The lowest BCUT2D eigenvalue weighted by Gasteiger charge is -2.22. The SMILES string of the molecule is Cc1cc(NC2CCCC2)nc([C@@H]2CCCN2S(C)(=O)=O)n1. The summed E-state index contributed by atoms with van der Waals surface area (Å²) >= 11 is 0. The fourth-order valence-electron chi connectivity index (χ4n) is 3.49. The Morgan fingerprint density at radius 2 is 1.91 bits per heavy atom. The molecule has 1 aliphatic carbocycles. The molecule has 0 radical (unpaired) electrons. The minimum absolute atomic E-state index is 0.223. The van der Waals surface area contributed by atoms with E-state index in [9.17, 15) is 8.42 Å². The molecule has 22 heavy (non-hydrogen) atoms. The summed E-state index contributed by atoms with van der Waals surface area (Å²) in [5, 5.41) is 3.48. The monoisotopic (exact) mass is 324 g/mol. The summed E-state index contributed by atoms with van der Waals surface area (Å²) in [7, 11) is -3.22. The van der Waals surface area contributed by atoms with E-state index in [0.29, 0.717) is 18.4 Å². The topological polar surface area (TPSA) is 75.2 Å². The van der Waals surface area contributed by atoms with Gasteiger partial charge in [-0.3, -0.25) is 0 Å². The van der Waals surface area contributed by atoms with Crippen molar-refractivity contribution in [3.8, 4) is 0 Å². The maximum Gasteiger partial charge on any atom is 0.211 e. The molecular formula is C15H24N4O2S. The van der Waals surface area contributed by atoms with Crippen molar-refractivity contribution in [2.75, 3.05) is 18.1 Å². The van der Waals surface area contributed by atoms with Crippen LogP contribution < -0.4 is 5.32 Å². The van der Waals surface area contributed by atoms with E-state index in [2.05, 4.69) is 15.3 Å². The largest absolute Gasteiger partial charge is 0.367 e. The molecule has 7 heteroatoms. The highest BCUT2D eigenvalue weighted by Gasteiger charge is 2.34. The van der Waals surface area contributed by atoms with Crippen LogP contribution in [0, 0.1) is 6.92 Å². The third kappa shape index (κ3) is 3.41. The van der Waals surface area contributed by atoms with Crippen LogP contribution in [0.1, 0.15) is 56.1 Å². The van der Waals surface area contributed by atoms with Gasteiger partial charge in [-0.25, -0.2) is 18.4 Å². The Bertz CT molecular complexity index is 641. The molecule has 6 nitrogen and oxygen atoms in total. The average Bonchev–Trinajstić information content (AvgIpc) is 3.07. The molecule has 1 aromatic rings. The van der Waals surface area contributed by atoms with Gasteiger partial charge in [-0.15, -0.1) is 0 Å². The van der Waals surface area contributed by atoms with Crippen LogP contribution in [0.15, 0.2) is 6.07 Å². The lowest BCUT2D eigenvalue weighted by Crippen LogP contribution is -2.30. The predicted octanol–water partition coefficient (Wildman–Crippen LogP) is 2.24. The van der Waals surface area contributed by atoms with E-state index >= 15 is 0 Å². The quantitative estimate of drug-likeness (QED) is 0.919. The third-order valence-corrected chi connectivity index (χ3v) is 5.80. The van der Waals surface area contributed by atoms with Crippen LogP contribution >= 0.6 is 0 Å². The van der Waals surface area contributed by atoms with E-state index < -0.39 is 10.0 Å². The van der Waals surface area contributed by atoms with Crippen LogP contribution in [0.5, 0.6) is 0 Å². The van der Waals surface area contributed by atoms with Gasteiger partial charge in [-0.1, -0.05) is 12.8 Å². The fraction of sp³-hybridized carbons (Fsp3) is 0.733. The highest BCUT2D eigenvalue weighted by atomic mass is 32.2. The molecule has 122 valence electrons. The first-order chi connectivity index (χ1) is 10.4. The van der Waals surface area contributed by atoms with Gasteiger partial charge in [-0.05, 0) is 32.6 Å². The van der Waals surface area contributed by atoms with E-state index in [1.807, 2.05) is 13.0 Å². The first-order valence-corrected chi connectivity index (χ1v) is 9.87. The Morgan fingerprint density at radius 3 is 2.59 bits per heavy atom. The number of nitrogens with one attached hydrogen (secondary N) is 1. The second-order valence-electron chi connectivity index (χ2n) is 6.41. The van der Waals surface area contributed by atoms with E-state index in [1.165, 1.54) is 36.2 Å². The van der Waals surface area contributed by atoms with Gasteiger partial charge in [0.15, 0.2) is 0 Å². The molecule has 1 aromatic heterocycles. The fourth-order valence-corrected chi connectivity index (χ4v) is 4.61. The summed E-state index contributed by atoms with van der Waals surface area (Å²) in [6.07, 6.45) is 7.80. The number of sulfonamides is 1. The number of hydrogen-bond acceptors (Lipinski definition) is 5. The summed E-state index contributed by atoms with van der Waals surface area (Å²) in [6, 6.07) is 2.21. The van der Waals surface area contributed by atoms with Crippen LogP contribution in [0.25, 0.3) is 0 Å². The molecule has 2 heterocycles. The van der Waals surface area contributed by atoms with Crippen molar-refractivity contribution in [2.24, 2.45) is 0 Å². The highest BCUT2D eigenvalue weighted by molar-refractivity contribution is 7.88. The van der Waals surface area contributed by atoms with Crippen LogP contribution in [-0.2, 0) is 10.0 Å². The van der Waals surface area contributed by atoms with Gasteiger partial charge in [0, 0.05) is 24.3 Å². The van der Waals surface area contributed by atoms with Crippen molar-refractivity contribution in [3.05, 3.63) is 17.6 Å². The number of aromatic nitrogens is 2. The summed E-state index contributed by atoms with van der Waals surface area (Å²) in [5.41, 5.74) is 0.880. The first kappa shape index (κ1) is 15.7. The van der Waals surface area contributed by atoms with Crippen LogP contribution in [-0.4, -0.2) is 41.5 Å². The van der Waals surface area contributed by atoms with Gasteiger partial charge in [-0.2, -0.15) is 4.31 Å². The second kappa shape index (κ2) is 6.12. The normalized spacial score (nSPS) is 24.0. The minimum atomic E-state index is -3.22. The van der Waals surface area contributed by atoms with Gasteiger partial charge in [0.05, 0.1) is 12.3 Å². The molecule has 0 unspecified atom stereocenters. The molecule has 2 aliphatic rings. The molecule has 0 spiro atoms. The van der Waals surface area contributed by atoms with Crippen molar-refractivity contribution in [3.63, 3.8) is 0 Å². The standard InChI is InChI=1S/C15H24N4O2S/c1-11-10-14(17-12-6-3-4-7-12)18-15(16-11)13-8-5-9-19(13)22(2,20)21/h10,12-13H,3-9H2,1-2H3,(H,16,17,18)/t13-/m0/s1. The highest BCUT2D eigenvalue weighted by Crippen LogP contribution is 2.32. The van der Waals surface area contributed by atoms with Gasteiger partial charge < -0.3 is 5.32 Å². The Hall–Kier alpha value is -1.21. The molecule has 0 bridgehead atoms. The van der Waals surface area contributed by atoms with Crippen molar-refractivity contribution in [1.82, 2.24) is 14.3 Å². The van der Waals surface area contributed by atoms with E-state index in [1.54, 1.807) is 0 Å². The van der Waals surface area contributed by atoms with E-state index in [0.717, 1.165) is 24.4 Å². The summed E-state index contributed by atoms with van der Waals surface area (Å²) in [6.45, 7) is 2.50. The van der Waals surface area contributed by atoms with E-state index in [-0.39, 0.29) is 6.04 Å². The molecule has 1 saturated heterocycles. The van der Waals surface area contributed by atoms with Crippen molar-refractivity contribution < 1.29 is 8.42 Å². The van der Waals surface area contributed by atoms with Crippen molar-refractivity contribution in [2.45, 2.75) is 57.5 Å². The zero-order valence-corrected chi connectivity index (χ0v) is 14.1. The minimum Gasteiger partial charge on any atom is -0.367 e. The predicted molar refractivity (Wildman–Crippen MR) is 86.2 cm³/mol. The van der Waals surface area contributed by atoms with Crippen molar-refractivity contribution >= 4 is 15.8 Å². The zero-order chi connectivity index (χ0) is 15.7. The van der Waals surface area contributed by atoms with Crippen LogP contribution in [0.3, 0.4) is 0 Å². The number of hydrogen-bond donors (Lipinski definition) is 1. The lowest BCUT2D eigenvalue weighted by atomic mass is 10.2. The maximum atomic E-state index is 11.9. The maximum absolute atomic E-state index is 11.9. The molecule has 1 N–H and O–H groups in total. The van der Waals surface area contributed by atoms with Gasteiger partial charge in [0.25, 0.3) is 0 Å². The van der Waals surface area contributed by atoms with E-state index in [4.69, 9.17) is 0 Å². The Labute approximate surface area is 132 Å². The summed E-state index contributed by atoms with van der Waals surface area (Å²) in [5.74, 6) is 1.46. The number of rotatable bonds is 4. The molecule has 3 rings (SSSR count). The van der Waals surface area contributed by atoms with Crippen LogP contribution in [0.4, 0.5) is 5.82 Å². The third-order valence-electron chi connectivity index (χ3n) is 4.51. The Morgan fingerprint density at radius 1 is 1.18 bits per heavy atom. The molecule has 0 aromatic carbocycles. The molecular weight excluding hydrogens is 300 g/mol. The molecule has 1 atom stereocenters. The average molecular weight is 324 g/mol. The molecule has 0 amide bonds. The van der Waals surface area contributed by atoms with Gasteiger partial charge >= 0.3 is 0 Å². The Kier molecular flexibility index (Phi) is 4.36. The van der Waals surface area contributed by atoms with Gasteiger partial charge in [0.1, 0.15) is 11.6 Å². The Balaban J connectivity index is 1.85. The molecule has 2 fully saturated rings. The number of aryl methyl sites for hydroxylation is 1. The summed E-state index contributed by atoms with van der Waals surface area (Å²) in [4.78, 5) is 9.11. The van der Waals surface area contributed by atoms with Crippen LogP contribution in [0.2, 0.25) is 0 Å². The van der Waals surface area contributed by atoms with Gasteiger partial charge in [0.2, 0.25) is 10.0 Å². The lowest BCUT2D eigenvalue weighted by molar-refractivity contribution is 0.386. The molecule has 1 aliphatic heterocycles. The first-order valence-electron chi connectivity index (χ1n) is 8.02. The second-order valence-corrected chi connectivity index (χ2v) is 8.35. The zero-order valence-electron chi connectivity index (χ0n) is 13.2. The smallest absolute Gasteiger partial charge is 0.211 e. The number of nitrogens with zero attached hydrogens (tertiary/aromatic N) is 3. The molecule has 1 saturated carbocycles. The van der Waals surface area contributed by atoms with Crippen molar-refractivity contribution in [1.29, 1.82) is 0 Å². The number of anilines is 1.